The predicted molar refractivity (Wildman–Crippen MR) is 136 cm³/mol. The van der Waals surface area contributed by atoms with Gasteiger partial charge in [0, 0.05) is 11.1 Å². The molecule has 0 bridgehead atoms. The molecular formula is C29H26N2O3. The first kappa shape index (κ1) is 22.9. The Bertz CT molecular complexity index is 1350. The van der Waals surface area contributed by atoms with Crippen LogP contribution in [-0.2, 0) is 5.41 Å². The lowest BCUT2D eigenvalue weighted by Crippen LogP contribution is -2.18. The Morgan fingerprint density at radius 2 is 1.47 bits per heavy atom. The molecule has 4 aromatic carbocycles. The molecule has 0 saturated carbocycles. The summed E-state index contributed by atoms with van der Waals surface area (Å²) >= 11 is 0. The standard InChI is InChI=1S/C29H26N2O3/c1-29(2,3)23-16-13-21(14-17-23)27(32)31-30-19-25-24-12-8-7-9-20(24)15-18-26(25)34-28(33)22-10-5-4-6-11-22/h4-19H,1-3H3,(H,31,32)/b30-19+. The van der Waals surface area contributed by atoms with Crippen molar-refractivity contribution in [3.63, 3.8) is 0 Å². The van der Waals surface area contributed by atoms with E-state index in [4.69, 9.17) is 4.74 Å². The van der Waals surface area contributed by atoms with Gasteiger partial charge in [-0.25, -0.2) is 10.2 Å². The second-order valence-electron chi connectivity index (χ2n) is 8.98. The van der Waals surface area contributed by atoms with Crippen LogP contribution in [0, 0.1) is 0 Å². The number of esters is 1. The third kappa shape index (κ3) is 5.21. The molecule has 0 aliphatic rings. The molecule has 0 heterocycles. The summed E-state index contributed by atoms with van der Waals surface area (Å²) in [5, 5.41) is 5.98. The van der Waals surface area contributed by atoms with E-state index in [1.54, 1.807) is 42.5 Å². The van der Waals surface area contributed by atoms with Crippen molar-refractivity contribution in [2.75, 3.05) is 0 Å². The van der Waals surface area contributed by atoms with Crippen LogP contribution in [0.2, 0.25) is 0 Å². The Labute approximate surface area is 199 Å². The number of amides is 1. The maximum absolute atomic E-state index is 12.6. The summed E-state index contributed by atoms with van der Waals surface area (Å²) < 4.78 is 5.68. The van der Waals surface area contributed by atoms with Gasteiger partial charge in [-0.2, -0.15) is 5.10 Å². The fourth-order valence-electron chi connectivity index (χ4n) is 3.57. The molecule has 5 nitrogen and oxygen atoms in total. The summed E-state index contributed by atoms with van der Waals surface area (Å²) in [5.41, 5.74) is 5.29. The molecule has 0 unspecified atom stereocenters. The number of nitrogens with zero attached hydrogens (tertiary/aromatic N) is 1. The van der Waals surface area contributed by atoms with Gasteiger partial charge >= 0.3 is 5.97 Å². The molecule has 4 aromatic rings. The van der Waals surface area contributed by atoms with Crippen LogP contribution in [0.15, 0.2) is 96.1 Å². The summed E-state index contributed by atoms with van der Waals surface area (Å²) in [6.07, 6.45) is 1.51. The molecule has 4 rings (SSSR count). The number of ether oxygens (including phenoxy) is 1. The molecular weight excluding hydrogens is 424 g/mol. The summed E-state index contributed by atoms with van der Waals surface area (Å²) in [5.74, 6) is -0.423. The van der Waals surface area contributed by atoms with Crippen LogP contribution in [-0.4, -0.2) is 18.1 Å². The number of fused-ring (bicyclic) bond motifs is 1. The van der Waals surface area contributed by atoms with Crippen LogP contribution >= 0.6 is 0 Å². The van der Waals surface area contributed by atoms with Gasteiger partial charge in [-0.05, 0) is 52.1 Å². The zero-order valence-electron chi connectivity index (χ0n) is 19.4. The van der Waals surface area contributed by atoms with Crippen molar-refractivity contribution in [2.24, 2.45) is 5.10 Å². The maximum Gasteiger partial charge on any atom is 0.343 e. The molecule has 0 fully saturated rings. The normalized spacial score (nSPS) is 11.5. The highest BCUT2D eigenvalue weighted by atomic mass is 16.5. The van der Waals surface area contributed by atoms with E-state index in [0.717, 1.165) is 16.3 Å². The van der Waals surface area contributed by atoms with Crippen LogP contribution in [0.1, 0.15) is 52.6 Å². The number of carbonyl (C=O) groups excluding carboxylic acids is 2. The fourth-order valence-corrected chi connectivity index (χ4v) is 3.57. The van der Waals surface area contributed by atoms with E-state index in [2.05, 4.69) is 31.3 Å². The zero-order valence-corrected chi connectivity index (χ0v) is 19.4. The highest BCUT2D eigenvalue weighted by Gasteiger charge is 2.15. The number of nitrogens with one attached hydrogen (secondary N) is 1. The van der Waals surface area contributed by atoms with E-state index in [0.29, 0.717) is 22.4 Å². The fraction of sp³-hybridized carbons (Fsp3) is 0.138. The van der Waals surface area contributed by atoms with Crippen LogP contribution in [0.4, 0.5) is 0 Å². The van der Waals surface area contributed by atoms with Gasteiger partial charge in [-0.15, -0.1) is 0 Å². The quantitative estimate of drug-likeness (QED) is 0.172. The molecule has 0 saturated heterocycles. The van der Waals surface area contributed by atoms with Crippen LogP contribution < -0.4 is 10.2 Å². The van der Waals surface area contributed by atoms with Gasteiger partial charge in [0.25, 0.3) is 5.91 Å². The average molecular weight is 451 g/mol. The summed E-state index contributed by atoms with van der Waals surface area (Å²) in [4.78, 5) is 25.2. The average Bonchev–Trinajstić information content (AvgIpc) is 2.85. The van der Waals surface area contributed by atoms with Gasteiger partial charge < -0.3 is 4.74 Å². The Morgan fingerprint density at radius 1 is 0.794 bits per heavy atom. The van der Waals surface area contributed by atoms with E-state index in [-0.39, 0.29) is 11.3 Å². The third-order valence-electron chi connectivity index (χ3n) is 5.52. The van der Waals surface area contributed by atoms with Crippen molar-refractivity contribution < 1.29 is 14.3 Å². The smallest absolute Gasteiger partial charge is 0.343 e. The van der Waals surface area contributed by atoms with Crippen molar-refractivity contribution in [3.05, 3.63) is 113 Å². The summed E-state index contributed by atoms with van der Waals surface area (Å²) in [6.45, 7) is 6.37. The minimum Gasteiger partial charge on any atom is -0.422 e. The highest BCUT2D eigenvalue weighted by molar-refractivity contribution is 6.04. The van der Waals surface area contributed by atoms with Crippen molar-refractivity contribution in [1.29, 1.82) is 0 Å². The monoisotopic (exact) mass is 450 g/mol. The number of rotatable bonds is 5. The summed E-state index contributed by atoms with van der Waals surface area (Å²) in [6, 6.07) is 27.6. The van der Waals surface area contributed by atoms with Crippen molar-refractivity contribution in [2.45, 2.75) is 26.2 Å². The van der Waals surface area contributed by atoms with Crippen LogP contribution in [0.3, 0.4) is 0 Å². The first-order valence-electron chi connectivity index (χ1n) is 11.1. The minimum atomic E-state index is -0.464. The Kier molecular flexibility index (Phi) is 6.55. The lowest BCUT2D eigenvalue weighted by Gasteiger charge is -2.18. The number of hydrogen-bond acceptors (Lipinski definition) is 4. The van der Waals surface area contributed by atoms with Gasteiger partial charge in [-0.3, -0.25) is 4.79 Å². The molecule has 0 aromatic heterocycles. The largest absolute Gasteiger partial charge is 0.422 e. The van der Waals surface area contributed by atoms with Crippen LogP contribution in [0.5, 0.6) is 5.75 Å². The molecule has 0 spiro atoms. The van der Waals surface area contributed by atoms with Crippen molar-refractivity contribution >= 4 is 28.9 Å². The van der Waals surface area contributed by atoms with E-state index in [1.165, 1.54) is 6.21 Å². The topological polar surface area (TPSA) is 67.8 Å². The number of carbonyl (C=O) groups is 2. The van der Waals surface area contributed by atoms with E-state index < -0.39 is 5.97 Å². The molecule has 0 atom stereocenters. The number of benzene rings is 4. The predicted octanol–water partition coefficient (Wildman–Crippen LogP) is 6.12. The van der Waals surface area contributed by atoms with E-state index in [9.17, 15) is 9.59 Å². The number of hydrazone groups is 1. The number of hydrogen-bond donors (Lipinski definition) is 1. The first-order chi connectivity index (χ1) is 16.3. The lowest BCUT2D eigenvalue weighted by atomic mass is 9.87. The molecule has 5 heteroatoms. The summed E-state index contributed by atoms with van der Waals surface area (Å²) in [7, 11) is 0. The van der Waals surface area contributed by atoms with Gasteiger partial charge in [0.05, 0.1) is 11.8 Å². The molecule has 0 aliphatic carbocycles. The van der Waals surface area contributed by atoms with Crippen LogP contribution in [0.25, 0.3) is 10.8 Å². The second-order valence-corrected chi connectivity index (χ2v) is 8.98. The zero-order chi connectivity index (χ0) is 24.1. The van der Waals surface area contributed by atoms with Gasteiger partial charge in [0.15, 0.2) is 0 Å². The maximum atomic E-state index is 12.6. The Hall–Kier alpha value is -4.25. The molecule has 170 valence electrons. The van der Waals surface area contributed by atoms with Gasteiger partial charge in [-0.1, -0.05) is 81.4 Å². The molecule has 1 N–H and O–H groups in total. The van der Waals surface area contributed by atoms with Crippen molar-refractivity contribution in [3.8, 4) is 5.75 Å². The highest BCUT2D eigenvalue weighted by Crippen LogP contribution is 2.27. The van der Waals surface area contributed by atoms with E-state index in [1.807, 2.05) is 48.5 Å². The van der Waals surface area contributed by atoms with E-state index >= 15 is 0 Å². The Balaban J connectivity index is 1.58. The minimum absolute atomic E-state index is 0.00904. The molecule has 0 aliphatic heterocycles. The second kappa shape index (κ2) is 9.71. The van der Waals surface area contributed by atoms with Crippen molar-refractivity contribution in [1.82, 2.24) is 5.43 Å². The SMILES string of the molecule is CC(C)(C)c1ccc(C(=O)N/N=C/c2c(OC(=O)c3ccccc3)ccc3ccccc23)cc1. The molecule has 34 heavy (non-hydrogen) atoms. The van der Waals surface area contributed by atoms with Gasteiger partial charge in [0.2, 0.25) is 0 Å². The first-order valence-corrected chi connectivity index (χ1v) is 11.1. The third-order valence-corrected chi connectivity index (χ3v) is 5.52. The molecule has 1 amide bonds. The molecule has 0 radical (unpaired) electrons. The van der Waals surface area contributed by atoms with Gasteiger partial charge in [0.1, 0.15) is 5.75 Å². The Morgan fingerprint density at radius 3 is 2.18 bits per heavy atom. The lowest BCUT2D eigenvalue weighted by molar-refractivity contribution is 0.0734.